The molecule has 0 aliphatic heterocycles. The number of nitrogens with zero attached hydrogens (tertiary/aromatic N) is 2. The molecule has 0 fully saturated rings. The Morgan fingerprint density at radius 2 is 2.00 bits per heavy atom. The first-order valence-corrected chi connectivity index (χ1v) is 5.75. The van der Waals surface area contributed by atoms with Crippen LogP contribution in [0.1, 0.15) is 18.2 Å². The highest BCUT2D eigenvalue weighted by Crippen LogP contribution is 2.11. The monoisotopic (exact) mass is 231 g/mol. The summed E-state index contributed by atoms with van der Waals surface area (Å²) in [6.45, 7) is 4.71. The molecule has 0 spiro atoms. The van der Waals surface area contributed by atoms with E-state index in [0.717, 1.165) is 25.4 Å². The zero-order chi connectivity index (χ0) is 12.1. The van der Waals surface area contributed by atoms with Gasteiger partial charge in [-0.2, -0.15) is 0 Å². The fourth-order valence-corrected chi connectivity index (χ4v) is 1.75. The molecule has 0 radical (unpaired) electrons. The lowest BCUT2D eigenvalue weighted by Crippen LogP contribution is -2.21. The van der Waals surface area contributed by atoms with Gasteiger partial charge in [0.15, 0.2) is 11.6 Å². The van der Waals surface area contributed by atoms with E-state index in [0.29, 0.717) is 5.82 Å². The van der Waals surface area contributed by atoms with E-state index in [9.17, 15) is 0 Å². The second-order valence-corrected chi connectivity index (χ2v) is 4.01. The molecular weight excluding hydrogens is 214 g/mol. The molecule has 0 amide bonds. The Bertz CT molecular complexity index is 453. The van der Waals surface area contributed by atoms with Crippen molar-refractivity contribution in [2.24, 2.45) is 0 Å². The maximum atomic E-state index is 5.52. The van der Waals surface area contributed by atoms with Crippen LogP contribution in [0.25, 0.3) is 0 Å². The Hall–Kier alpha value is -1.81. The number of nitrogen functional groups attached to an aromatic ring is 1. The van der Waals surface area contributed by atoms with Crippen molar-refractivity contribution in [2.45, 2.75) is 20.0 Å². The summed E-state index contributed by atoms with van der Waals surface area (Å²) in [5.41, 5.74) is 6.82. The number of hydrogen-bond donors (Lipinski definition) is 1. The minimum Gasteiger partial charge on any atom is -0.381 e. The molecule has 90 valence electrons. The highest BCUT2D eigenvalue weighted by atomic mass is 16.5. The molecule has 0 atom stereocenters. The Kier molecular flexibility index (Phi) is 3.77. The van der Waals surface area contributed by atoms with E-state index in [4.69, 9.17) is 10.3 Å². The van der Waals surface area contributed by atoms with Crippen LogP contribution >= 0.6 is 0 Å². The molecule has 2 aromatic rings. The van der Waals surface area contributed by atoms with Crippen LogP contribution in [0.3, 0.4) is 0 Å². The van der Waals surface area contributed by atoms with E-state index in [1.165, 1.54) is 5.56 Å². The second-order valence-electron chi connectivity index (χ2n) is 4.01. The van der Waals surface area contributed by atoms with Crippen LogP contribution in [-0.2, 0) is 13.1 Å². The highest BCUT2D eigenvalue weighted by Gasteiger charge is 2.08. The van der Waals surface area contributed by atoms with Gasteiger partial charge in [0.1, 0.15) is 0 Å². The number of rotatable bonds is 5. The molecule has 0 unspecified atom stereocenters. The third-order valence-electron chi connectivity index (χ3n) is 2.65. The van der Waals surface area contributed by atoms with Crippen LogP contribution in [-0.4, -0.2) is 16.6 Å². The molecule has 4 heteroatoms. The van der Waals surface area contributed by atoms with Gasteiger partial charge in [-0.05, 0) is 12.1 Å². The molecule has 2 rings (SSSR count). The Labute approximate surface area is 101 Å². The summed E-state index contributed by atoms with van der Waals surface area (Å²) in [5, 5.41) is 3.69. The molecule has 1 aromatic heterocycles. The van der Waals surface area contributed by atoms with Gasteiger partial charge in [0, 0.05) is 12.6 Å². The number of hydrogen-bond acceptors (Lipinski definition) is 4. The zero-order valence-electron chi connectivity index (χ0n) is 9.97. The number of anilines is 1. The van der Waals surface area contributed by atoms with Crippen LogP contribution in [0.2, 0.25) is 0 Å². The van der Waals surface area contributed by atoms with Crippen molar-refractivity contribution >= 4 is 5.82 Å². The van der Waals surface area contributed by atoms with Crippen molar-refractivity contribution < 1.29 is 4.52 Å². The van der Waals surface area contributed by atoms with E-state index >= 15 is 0 Å². The summed E-state index contributed by atoms with van der Waals surface area (Å²) in [6.07, 6.45) is 0. The molecule has 0 saturated heterocycles. The molecular formula is C13H17N3O. The van der Waals surface area contributed by atoms with Gasteiger partial charge in [-0.15, -0.1) is 0 Å². The topological polar surface area (TPSA) is 55.3 Å². The molecule has 1 heterocycles. The van der Waals surface area contributed by atoms with Crippen molar-refractivity contribution in [3.63, 3.8) is 0 Å². The van der Waals surface area contributed by atoms with Gasteiger partial charge >= 0.3 is 0 Å². The van der Waals surface area contributed by atoms with Crippen molar-refractivity contribution in [3.05, 3.63) is 47.7 Å². The number of aromatic nitrogens is 1. The third kappa shape index (κ3) is 3.32. The Morgan fingerprint density at radius 3 is 2.59 bits per heavy atom. The smallest absolute Gasteiger partial charge is 0.167 e. The average Bonchev–Trinajstić information content (AvgIpc) is 2.75. The minimum absolute atomic E-state index is 0.441. The SMILES string of the molecule is CCN(Cc1ccccc1)Cc1cc(N)no1. The van der Waals surface area contributed by atoms with Gasteiger partial charge in [0.2, 0.25) is 0 Å². The van der Waals surface area contributed by atoms with Gasteiger partial charge in [-0.25, -0.2) is 0 Å². The van der Waals surface area contributed by atoms with Crippen molar-refractivity contribution in [3.8, 4) is 0 Å². The fraction of sp³-hybridized carbons (Fsp3) is 0.308. The maximum absolute atomic E-state index is 5.52. The lowest BCUT2D eigenvalue weighted by Gasteiger charge is -2.18. The summed E-state index contributed by atoms with van der Waals surface area (Å²) in [5.74, 6) is 1.25. The molecule has 0 aliphatic rings. The predicted octanol–water partition coefficient (Wildman–Crippen LogP) is 2.28. The van der Waals surface area contributed by atoms with Crippen molar-refractivity contribution in [1.29, 1.82) is 0 Å². The third-order valence-corrected chi connectivity index (χ3v) is 2.65. The summed E-state index contributed by atoms with van der Waals surface area (Å²) in [4.78, 5) is 2.27. The average molecular weight is 231 g/mol. The minimum atomic E-state index is 0.441. The molecule has 0 bridgehead atoms. The highest BCUT2D eigenvalue weighted by molar-refractivity contribution is 5.26. The van der Waals surface area contributed by atoms with Crippen molar-refractivity contribution in [2.75, 3.05) is 12.3 Å². The zero-order valence-corrected chi connectivity index (χ0v) is 9.97. The van der Waals surface area contributed by atoms with Crippen LogP contribution in [0, 0.1) is 0 Å². The maximum Gasteiger partial charge on any atom is 0.167 e. The molecule has 17 heavy (non-hydrogen) atoms. The Morgan fingerprint density at radius 1 is 1.24 bits per heavy atom. The largest absolute Gasteiger partial charge is 0.381 e. The Balaban J connectivity index is 1.98. The first-order valence-electron chi connectivity index (χ1n) is 5.75. The van der Waals surface area contributed by atoms with E-state index in [2.05, 4.69) is 41.2 Å². The van der Waals surface area contributed by atoms with Crippen LogP contribution < -0.4 is 5.73 Å². The van der Waals surface area contributed by atoms with Crippen molar-refractivity contribution in [1.82, 2.24) is 10.1 Å². The first kappa shape index (κ1) is 11.7. The van der Waals surface area contributed by atoms with Gasteiger partial charge in [0.25, 0.3) is 0 Å². The molecule has 1 aromatic carbocycles. The van der Waals surface area contributed by atoms with E-state index in [-0.39, 0.29) is 0 Å². The van der Waals surface area contributed by atoms with Crippen LogP contribution in [0.4, 0.5) is 5.82 Å². The summed E-state index contributed by atoms with van der Waals surface area (Å²) in [7, 11) is 0. The molecule has 0 saturated carbocycles. The lowest BCUT2D eigenvalue weighted by atomic mass is 10.2. The van der Waals surface area contributed by atoms with E-state index in [1.54, 1.807) is 6.07 Å². The lowest BCUT2D eigenvalue weighted by molar-refractivity contribution is 0.234. The summed E-state index contributed by atoms with van der Waals surface area (Å²) in [6, 6.07) is 12.1. The first-order chi connectivity index (χ1) is 8.28. The quantitative estimate of drug-likeness (QED) is 0.857. The predicted molar refractivity (Wildman–Crippen MR) is 67.1 cm³/mol. The van der Waals surface area contributed by atoms with Crippen LogP contribution in [0.5, 0.6) is 0 Å². The van der Waals surface area contributed by atoms with Gasteiger partial charge < -0.3 is 10.3 Å². The number of benzene rings is 1. The second kappa shape index (κ2) is 5.50. The summed E-state index contributed by atoms with van der Waals surface area (Å²) >= 11 is 0. The van der Waals surface area contributed by atoms with Gasteiger partial charge in [-0.3, -0.25) is 4.90 Å². The molecule has 0 aliphatic carbocycles. The van der Waals surface area contributed by atoms with Gasteiger partial charge in [-0.1, -0.05) is 42.4 Å². The molecule has 2 N–H and O–H groups in total. The van der Waals surface area contributed by atoms with Crippen LogP contribution in [0.15, 0.2) is 40.9 Å². The van der Waals surface area contributed by atoms with Gasteiger partial charge in [0.05, 0.1) is 6.54 Å². The van der Waals surface area contributed by atoms with E-state index < -0.39 is 0 Å². The number of nitrogens with two attached hydrogens (primary N) is 1. The fourth-order valence-electron chi connectivity index (χ4n) is 1.75. The molecule has 4 nitrogen and oxygen atoms in total. The standard InChI is InChI=1S/C13H17N3O/c1-2-16(9-11-6-4-3-5-7-11)10-12-8-13(14)15-17-12/h3-8H,2,9-10H2,1H3,(H2,14,15). The van der Waals surface area contributed by atoms with E-state index in [1.807, 2.05) is 6.07 Å². The summed E-state index contributed by atoms with van der Waals surface area (Å²) < 4.78 is 5.12. The normalized spacial score (nSPS) is 10.9.